The third kappa shape index (κ3) is 3.12. The molecular weight excluding hydrogens is 334 g/mol. The summed E-state index contributed by atoms with van der Waals surface area (Å²) in [5, 5.41) is 5.23. The Kier molecular flexibility index (Phi) is 4.63. The van der Waals surface area contributed by atoms with Gasteiger partial charge in [-0.05, 0) is 45.4 Å². The third-order valence-corrected chi connectivity index (χ3v) is 6.71. The van der Waals surface area contributed by atoms with Crippen LogP contribution in [-0.4, -0.2) is 34.0 Å². The fourth-order valence-corrected chi connectivity index (χ4v) is 5.28. The molecule has 0 spiro atoms. The van der Waals surface area contributed by atoms with Crippen molar-refractivity contribution in [2.24, 2.45) is 0 Å². The Labute approximate surface area is 152 Å². The largest absolute Gasteiger partial charge is 0.360 e. The van der Waals surface area contributed by atoms with Crippen molar-refractivity contribution in [3.63, 3.8) is 0 Å². The molecule has 0 aromatic carbocycles. The van der Waals surface area contributed by atoms with Gasteiger partial charge < -0.3 is 9.42 Å². The second-order valence-electron chi connectivity index (χ2n) is 7.14. The number of carbonyl (C=O) groups is 1. The predicted molar refractivity (Wildman–Crippen MR) is 97.3 cm³/mol. The van der Waals surface area contributed by atoms with Crippen molar-refractivity contribution in [3.05, 3.63) is 32.6 Å². The molecule has 0 radical (unpaired) electrons. The van der Waals surface area contributed by atoms with Crippen LogP contribution >= 0.6 is 11.3 Å². The van der Waals surface area contributed by atoms with Gasteiger partial charge in [0.15, 0.2) is 0 Å². The zero-order valence-corrected chi connectivity index (χ0v) is 15.8. The lowest BCUT2D eigenvalue weighted by atomic mass is 9.97. The molecule has 1 aliphatic carbocycles. The van der Waals surface area contributed by atoms with Crippen molar-refractivity contribution in [3.8, 4) is 0 Å². The maximum absolute atomic E-state index is 13.0. The minimum atomic E-state index is 0.0709. The number of rotatable bonds is 3. The molecular formula is C19H25N3O2S. The van der Waals surface area contributed by atoms with E-state index in [-0.39, 0.29) is 5.91 Å². The molecule has 0 saturated carbocycles. The molecule has 2 aromatic heterocycles. The van der Waals surface area contributed by atoms with E-state index in [0.29, 0.717) is 29.4 Å². The van der Waals surface area contributed by atoms with Crippen LogP contribution in [-0.2, 0) is 19.3 Å². The van der Waals surface area contributed by atoms with Crippen LogP contribution in [0.4, 0.5) is 0 Å². The number of aromatic nitrogens is 2. The summed E-state index contributed by atoms with van der Waals surface area (Å²) in [7, 11) is 0. The Morgan fingerprint density at radius 1 is 1.32 bits per heavy atom. The number of fused-ring (bicyclic) bond motifs is 1. The Bertz CT molecular complexity index is 756. The summed E-state index contributed by atoms with van der Waals surface area (Å²) >= 11 is 1.88. The Morgan fingerprint density at radius 3 is 2.96 bits per heavy atom. The molecule has 134 valence electrons. The van der Waals surface area contributed by atoms with Crippen LogP contribution in [0.1, 0.15) is 75.9 Å². The van der Waals surface area contributed by atoms with E-state index >= 15 is 0 Å². The third-order valence-electron chi connectivity index (χ3n) is 5.39. The SMILES string of the molecule is CCc1onc(C)c1C(=O)N1CCCC(c2nc3c(s2)CCCC3)C1. The standard InChI is InChI=1S/C19H25N3O2S/c1-3-15-17(12(2)21-24-15)19(23)22-10-6-7-13(11-22)18-20-14-8-4-5-9-16(14)25-18/h13H,3-11H2,1-2H3. The van der Waals surface area contributed by atoms with E-state index in [2.05, 4.69) is 5.16 Å². The smallest absolute Gasteiger partial charge is 0.259 e. The molecule has 1 amide bonds. The minimum Gasteiger partial charge on any atom is -0.360 e. The van der Waals surface area contributed by atoms with Crippen LogP contribution in [0.25, 0.3) is 0 Å². The molecule has 1 aliphatic heterocycles. The van der Waals surface area contributed by atoms with Gasteiger partial charge in [-0.3, -0.25) is 4.79 Å². The van der Waals surface area contributed by atoms with Crippen LogP contribution < -0.4 is 0 Å². The topological polar surface area (TPSA) is 59.2 Å². The molecule has 1 atom stereocenters. The number of thiazole rings is 1. The summed E-state index contributed by atoms with van der Waals surface area (Å²) in [4.78, 5) is 21.4. The summed E-state index contributed by atoms with van der Waals surface area (Å²) in [6.07, 6.45) is 7.71. The first-order valence-electron chi connectivity index (χ1n) is 9.40. The van der Waals surface area contributed by atoms with Crippen molar-refractivity contribution >= 4 is 17.2 Å². The van der Waals surface area contributed by atoms with Crippen LogP contribution in [0.15, 0.2) is 4.52 Å². The first kappa shape index (κ1) is 16.8. The number of carbonyl (C=O) groups excluding carboxylic acids is 1. The highest BCUT2D eigenvalue weighted by atomic mass is 32.1. The fraction of sp³-hybridized carbons (Fsp3) is 0.632. The lowest BCUT2D eigenvalue weighted by Gasteiger charge is -2.31. The zero-order chi connectivity index (χ0) is 17.4. The van der Waals surface area contributed by atoms with E-state index in [9.17, 15) is 4.79 Å². The zero-order valence-electron chi connectivity index (χ0n) is 15.0. The number of aryl methyl sites for hydroxylation is 4. The molecule has 0 N–H and O–H groups in total. The van der Waals surface area contributed by atoms with E-state index < -0.39 is 0 Å². The van der Waals surface area contributed by atoms with Gasteiger partial charge >= 0.3 is 0 Å². The van der Waals surface area contributed by atoms with Crippen molar-refractivity contribution in [2.45, 2.75) is 64.7 Å². The summed E-state index contributed by atoms with van der Waals surface area (Å²) in [5.74, 6) is 1.15. The molecule has 2 aromatic rings. The maximum Gasteiger partial charge on any atom is 0.259 e. The monoisotopic (exact) mass is 359 g/mol. The van der Waals surface area contributed by atoms with Crippen molar-refractivity contribution in [2.75, 3.05) is 13.1 Å². The van der Waals surface area contributed by atoms with Crippen LogP contribution in [0, 0.1) is 6.92 Å². The van der Waals surface area contributed by atoms with Gasteiger partial charge in [0.25, 0.3) is 5.91 Å². The van der Waals surface area contributed by atoms with E-state index in [1.54, 1.807) is 0 Å². The second kappa shape index (κ2) is 6.90. The molecule has 2 aliphatic rings. The first-order valence-corrected chi connectivity index (χ1v) is 10.2. The Hall–Kier alpha value is -1.69. The number of hydrogen-bond acceptors (Lipinski definition) is 5. The van der Waals surface area contributed by atoms with E-state index in [0.717, 1.165) is 32.4 Å². The average Bonchev–Trinajstić information content (AvgIpc) is 3.24. The van der Waals surface area contributed by atoms with Crippen LogP contribution in [0.2, 0.25) is 0 Å². The molecule has 1 saturated heterocycles. The van der Waals surface area contributed by atoms with Gasteiger partial charge in [-0.2, -0.15) is 0 Å². The van der Waals surface area contributed by atoms with Gasteiger partial charge in [0.1, 0.15) is 11.3 Å². The minimum absolute atomic E-state index is 0.0709. The molecule has 1 fully saturated rings. The van der Waals surface area contributed by atoms with Crippen molar-refractivity contribution in [1.29, 1.82) is 0 Å². The van der Waals surface area contributed by atoms with Gasteiger partial charge in [0, 0.05) is 30.3 Å². The molecule has 0 bridgehead atoms. The van der Waals surface area contributed by atoms with Gasteiger partial charge in [-0.25, -0.2) is 4.98 Å². The summed E-state index contributed by atoms with van der Waals surface area (Å²) in [6.45, 7) is 5.43. The number of amides is 1. The second-order valence-corrected chi connectivity index (χ2v) is 8.25. The highest BCUT2D eigenvalue weighted by Gasteiger charge is 2.31. The molecule has 4 rings (SSSR count). The highest BCUT2D eigenvalue weighted by molar-refractivity contribution is 7.11. The average molecular weight is 359 g/mol. The number of likely N-dealkylation sites (tertiary alicyclic amines) is 1. The summed E-state index contributed by atoms with van der Waals surface area (Å²) in [5.41, 5.74) is 2.69. The molecule has 25 heavy (non-hydrogen) atoms. The first-order chi connectivity index (χ1) is 12.2. The van der Waals surface area contributed by atoms with Gasteiger partial charge in [-0.1, -0.05) is 12.1 Å². The van der Waals surface area contributed by atoms with Gasteiger partial charge in [0.05, 0.1) is 16.4 Å². The molecule has 6 heteroatoms. The van der Waals surface area contributed by atoms with Crippen molar-refractivity contribution < 1.29 is 9.32 Å². The Balaban J connectivity index is 1.53. The molecule has 1 unspecified atom stereocenters. The maximum atomic E-state index is 13.0. The lowest BCUT2D eigenvalue weighted by Crippen LogP contribution is -2.39. The predicted octanol–water partition coefficient (Wildman–Crippen LogP) is 3.90. The molecule has 5 nitrogen and oxygen atoms in total. The Morgan fingerprint density at radius 2 is 2.16 bits per heavy atom. The normalized spacial score (nSPS) is 20.6. The van der Waals surface area contributed by atoms with Crippen LogP contribution in [0.5, 0.6) is 0 Å². The summed E-state index contributed by atoms with van der Waals surface area (Å²) in [6, 6.07) is 0. The molecule has 3 heterocycles. The highest BCUT2D eigenvalue weighted by Crippen LogP contribution is 2.35. The van der Waals surface area contributed by atoms with Crippen LogP contribution in [0.3, 0.4) is 0 Å². The van der Waals surface area contributed by atoms with E-state index in [1.165, 1.54) is 34.8 Å². The van der Waals surface area contributed by atoms with Gasteiger partial charge in [-0.15, -0.1) is 11.3 Å². The van der Waals surface area contributed by atoms with Gasteiger partial charge in [0.2, 0.25) is 0 Å². The lowest BCUT2D eigenvalue weighted by molar-refractivity contribution is 0.0704. The number of piperidine rings is 1. The number of nitrogens with zero attached hydrogens (tertiary/aromatic N) is 3. The van der Waals surface area contributed by atoms with E-state index in [1.807, 2.05) is 30.1 Å². The van der Waals surface area contributed by atoms with Crippen molar-refractivity contribution in [1.82, 2.24) is 15.0 Å². The number of hydrogen-bond donors (Lipinski definition) is 0. The fourth-order valence-electron chi connectivity index (χ4n) is 4.00. The quantitative estimate of drug-likeness (QED) is 0.834. The summed E-state index contributed by atoms with van der Waals surface area (Å²) < 4.78 is 5.32. The van der Waals surface area contributed by atoms with E-state index in [4.69, 9.17) is 9.51 Å².